The molecule has 27 heavy (non-hydrogen) atoms. The molecule has 2 aromatic rings. The smallest absolute Gasteiger partial charge is 0.251 e. The van der Waals surface area contributed by atoms with Crippen LogP contribution in [0.15, 0.2) is 42.5 Å². The fraction of sp³-hybridized carbons (Fsp3) is 0.250. The molecular weight excluding hydrogens is 348 g/mol. The molecule has 0 spiro atoms. The Hall–Kier alpha value is -3.35. The summed E-state index contributed by atoms with van der Waals surface area (Å²) in [5.74, 6) is 0.405. The molecule has 0 aliphatic carbocycles. The van der Waals surface area contributed by atoms with E-state index in [0.717, 1.165) is 0 Å². The first-order valence-electron chi connectivity index (χ1n) is 8.35. The van der Waals surface area contributed by atoms with Gasteiger partial charge in [0.15, 0.2) is 5.78 Å². The van der Waals surface area contributed by atoms with Crippen LogP contribution in [0.5, 0.6) is 11.5 Å². The number of benzene rings is 2. The molecule has 7 nitrogen and oxygen atoms in total. The Bertz CT molecular complexity index is 809. The van der Waals surface area contributed by atoms with E-state index in [1.807, 2.05) is 0 Å². The van der Waals surface area contributed by atoms with Crippen molar-refractivity contribution >= 4 is 23.3 Å². The molecule has 2 amide bonds. The number of nitrogens with one attached hydrogen (secondary N) is 2. The second kappa shape index (κ2) is 9.38. The molecule has 0 aromatic heterocycles. The van der Waals surface area contributed by atoms with Gasteiger partial charge < -0.3 is 20.1 Å². The third-order valence-corrected chi connectivity index (χ3v) is 3.83. The standard InChI is InChI=1S/C20H22N2O5/c1-13(23)14-4-6-16(7-5-14)22-19(24)8-9-21-20(25)15-10-17(26-2)12-18(11-15)27-3/h4-7,10-12H,8-9H2,1-3H3,(H,21,25)(H,22,24). The molecule has 2 N–H and O–H groups in total. The van der Waals surface area contributed by atoms with Crippen molar-refractivity contribution in [2.45, 2.75) is 13.3 Å². The van der Waals surface area contributed by atoms with Crippen molar-refractivity contribution in [1.29, 1.82) is 0 Å². The van der Waals surface area contributed by atoms with Crippen molar-refractivity contribution in [3.8, 4) is 11.5 Å². The normalized spacial score (nSPS) is 10.0. The Morgan fingerprint density at radius 2 is 1.48 bits per heavy atom. The maximum atomic E-state index is 12.2. The molecule has 0 radical (unpaired) electrons. The Labute approximate surface area is 157 Å². The number of carbonyl (C=O) groups is 3. The molecule has 2 rings (SSSR count). The minimum absolute atomic E-state index is 0.0373. The summed E-state index contributed by atoms with van der Waals surface area (Å²) in [4.78, 5) is 35.5. The van der Waals surface area contributed by atoms with Crippen LogP contribution in [-0.4, -0.2) is 38.4 Å². The van der Waals surface area contributed by atoms with E-state index in [2.05, 4.69) is 10.6 Å². The van der Waals surface area contributed by atoms with E-state index in [4.69, 9.17) is 9.47 Å². The molecule has 0 unspecified atom stereocenters. The molecular formula is C20H22N2O5. The summed E-state index contributed by atoms with van der Waals surface area (Å²) in [5, 5.41) is 5.40. The lowest BCUT2D eigenvalue weighted by atomic mass is 10.1. The fourth-order valence-corrected chi connectivity index (χ4v) is 2.34. The summed E-state index contributed by atoms with van der Waals surface area (Å²) in [6.45, 7) is 1.66. The van der Waals surface area contributed by atoms with Gasteiger partial charge in [0.25, 0.3) is 5.91 Å². The van der Waals surface area contributed by atoms with Gasteiger partial charge in [-0.3, -0.25) is 14.4 Å². The van der Waals surface area contributed by atoms with E-state index < -0.39 is 0 Å². The number of amides is 2. The summed E-state index contributed by atoms with van der Waals surface area (Å²) in [5.41, 5.74) is 1.55. The van der Waals surface area contributed by atoms with Gasteiger partial charge >= 0.3 is 0 Å². The Morgan fingerprint density at radius 3 is 2.00 bits per heavy atom. The van der Waals surface area contributed by atoms with Crippen LogP contribution in [0, 0.1) is 0 Å². The van der Waals surface area contributed by atoms with Gasteiger partial charge in [-0.1, -0.05) is 0 Å². The van der Waals surface area contributed by atoms with Crippen molar-refractivity contribution in [3.05, 3.63) is 53.6 Å². The quantitative estimate of drug-likeness (QED) is 0.697. The highest BCUT2D eigenvalue weighted by atomic mass is 16.5. The first kappa shape index (κ1) is 20.0. The van der Waals surface area contributed by atoms with Crippen molar-refractivity contribution < 1.29 is 23.9 Å². The summed E-state index contributed by atoms with van der Waals surface area (Å²) in [6.07, 6.45) is 0.112. The van der Waals surface area contributed by atoms with Crippen LogP contribution in [0.1, 0.15) is 34.1 Å². The van der Waals surface area contributed by atoms with Gasteiger partial charge in [0.05, 0.1) is 14.2 Å². The van der Waals surface area contributed by atoms with E-state index in [0.29, 0.717) is 28.3 Å². The van der Waals surface area contributed by atoms with Crippen molar-refractivity contribution in [2.75, 3.05) is 26.1 Å². The summed E-state index contributed by atoms with van der Waals surface area (Å²) in [7, 11) is 3.01. The van der Waals surface area contributed by atoms with Crippen LogP contribution in [0.2, 0.25) is 0 Å². The second-order valence-corrected chi connectivity index (χ2v) is 5.79. The largest absolute Gasteiger partial charge is 0.497 e. The number of Topliss-reactive ketones (excluding diaryl/α,β-unsaturated/α-hetero) is 1. The number of rotatable bonds is 8. The number of anilines is 1. The molecule has 0 saturated carbocycles. The summed E-state index contributed by atoms with van der Waals surface area (Å²) < 4.78 is 10.3. The van der Waals surface area contributed by atoms with Gasteiger partial charge in [0.2, 0.25) is 5.91 Å². The summed E-state index contributed by atoms with van der Waals surface area (Å²) >= 11 is 0. The van der Waals surface area contributed by atoms with Crippen LogP contribution in [0.3, 0.4) is 0 Å². The molecule has 0 atom stereocenters. The van der Waals surface area contributed by atoms with Crippen molar-refractivity contribution in [2.24, 2.45) is 0 Å². The molecule has 0 heterocycles. The zero-order chi connectivity index (χ0) is 19.8. The third-order valence-electron chi connectivity index (χ3n) is 3.83. The molecule has 0 saturated heterocycles. The monoisotopic (exact) mass is 370 g/mol. The van der Waals surface area contributed by atoms with Crippen molar-refractivity contribution in [3.63, 3.8) is 0 Å². The minimum atomic E-state index is -0.328. The Balaban J connectivity index is 1.85. The highest BCUT2D eigenvalue weighted by molar-refractivity contribution is 5.97. The van der Waals surface area contributed by atoms with Crippen LogP contribution in [0.4, 0.5) is 5.69 Å². The van der Waals surface area contributed by atoms with Crippen LogP contribution < -0.4 is 20.1 Å². The highest BCUT2D eigenvalue weighted by Crippen LogP contribution is 2.22. The maximum absolute atomic E-state index is 12.2. The molecule has 7 heteroatoms. The van der Waals surface area contributed by atoms with E-state index >= 15 is 0 Å². The predicted molar refractivity (Wildman–Crippen MR) is 102 cm³/mol. The number of hydrogen-bond donors (Lipinski definition) is 2. The number of hydrogen-bond acceptors (Lipinski definition) is 5. The van der Waals surface area contributed by atoms with Gasteiger partial charge in [-0.15, -0.1) is 0 Å². The maximum Gasteiger partial charge on any atom is 0.251 e. The molecule has 0 fully saturated rings. The number of ketones is 1. The molecule has 0 aliphatic rings. The third kappa shape index (κ3) is 5.85. The lowest BCUT2D eigenvalue weighted by Gasteiger charge is -2.10. The van der Waals surface area contributed by atoms with Gasteiger partial charge in [-0.2, -0.15) is 0 Å². The van der Waals surface area contributed by atoms with Crippen LogP contribution in [-0.2, 0) is 4.79 Å². The van der Waals surface area contributed by atoms with Gasteiger partial charge in [0, 0.05) is 35.8 Å². The second-order valence-electron chi connectivity index (χ2n) is 5.79. The highest BCUT2D eigenvalue weighted by Gasteiger charge is 2.10. The number of ether oxygens (including phenoxy) is 2. The number of methoxy groups -OCH3 is 2. The van der Waals surface area contributed by atoms with Crippen LogP contribution in [0.25, 0.3) is 0 Å². The average Bonchev–Trinajstić information content (AvgIpc) is 2.67. The molecule has 2 aromatic carbocycles. The first-order valence-corrected chi connectivity index (χ1v) is 8.35. The molecule has 142 valence electrons. The first-order chi connectivity index (χ1) is 12.9. The van der Waals surface area contributed by atoms with Gasteiger partial charge in [0.1, 0.15) is 11.5 Å². The zero-order valence-electron chi connectivity index (χ0n) is 15.5. The SMILES string of the molecule is COc1cc(OC)cc(C(=O)NCCC(=O)Nc2ccc(C(C)=O)cc2)c1. The fourth-order valence-electron chi connectivity index (χ4n) is 2.34. The minimum Gasteiger partial charge on any atom is -0.497 e. The predicted octanol–water partition coefficient (Wildman–Crippen LogP) is 2.67. The van der Waals surface area contributed by atoms with Gasteiger partial charge in [-0.05, 0) is 43.3 Å². The summed E-state index contributed by atoms with van der Waals surface area (Å²) in [6, 6.07) is 11.5. The lowest BCUT2D eigenvalue weighted by Crippen LogP contribution is -2.27. The van der Waals surface area contributed by atoms with E-state index in [-0.39, 0.29) is 30.6 Å². The van der Waals surface area contributed by atoms with Gasteiger partial charge in [-0.25, -0.2) is 0 Å². The Morgan fingerprint density at radius 1 is 0.889 bits per heavy atom. The van der Waals surface area contributed by atoms with E-state index in [1.165, 1.54) is 21.1 Å². The van der Waals surface area contributed by atoms with E-state index in [9.17, 15) is 14.4 Å². The zero-order valence-corrected chi connectivity index (χ0v) is 15.5. The topological polar surface area (TPSA) is 93.7 Å². The molecule has 0 bridgehead atoms. The average molecular weight is 370 g/mol. The Kier molecular flexibility index (Phi) is 6.93. The van der Waals surface area contributed by atoms with Crippen molar-refractivity contribution in [1.82, 2.24) is 5.32 Å². The van der Waals surface area contributed by atoms with Crippen LogP contribution >= 0.6 is 0 Å². The molecule has 0 aliphatic heterocycles. The number of carbonyl (C=O) groups excluding carboxylic acids is 3. The van der Waals surface area contributed by atoms with E-state index in [1.54, 1.807) is 42.5 Å². The lowest BCUT2D eigenvalue weighted by molar-refractivity contribution is -0.116.